The maximum absolute atomic E-state index is 12.4. The van der Waals surface area contributed by atoms with E-state index in [1.54, 1.807) is 6.08 Å². The largest absolute Gasteiger partial charge is 0.466 e. The van der Waals surface area contributed by atoms with E-state index in [1.807, 2.05) is 6.08 Å². The first-order valence-electron chi connectivity index (χ1n) is 24.3. The molecule has 56 heavy (non-hydrogen) atoms. The second kappa shape index (κ2) is 45.8. The third-order valence-corrected chi connectivity index (χ3v) is 10.9. The van der Waals surface area contributed by atoms with Gasteiger partial charge in [-0.2, -0.15) is 0 Å². The quantitative estimate of drug-likeness (QED) is 0.0325. The van der Waals surface area contributed by atoms with E-state index >= 15 is 0 Å². The number of ether oxygens (including phenoxy) is 1. The van der Waals surface area contributed by atoms with Crippen LogP contribution in [-0.2, 0) is 14.3 Å². The fourth-order valence-corrected chi connectivity index (χ4v) is 7.09. The molecule has 6 nitrogen and oxygen atoms in total. The summed E-state index contributed by atoms with van der Waals surface area (Å²) in [5, 5.41) is 23.0. The molecule has 0 spiro atoms. The SMILES string of the molecule is CCCCCC/C=C\CCCCCCCC(=O)OCCCCC/C=C\CCCCCCCC(=O)NC(CO)C(O)/C=C/CCCCCCCCCCCCCC. The number of hydrogen-bond acceptors (Lipinski definition) is 5. The summed E-state index contributed by atoms with van der Waals surface area (Å²) in [4.78, 5) is 24.4. The molecule has 0 aliphatic carbocycles. The van der Waals surface area contributed by atoms with E-state index in [0.717, 1.165) is 83.5 Å². The first-order valence-corrected chi connectivity index (χ1v) is 24.3. The van der Waals surface area contributed by atoms with Gasteiger partial charge in [-0.3, -0.25) is 9.59 Å². The van der Waals surface area contributed by atoms with Gasteiger partial charge < -0.3 is 20.3 Å². The molecule has 0 saturated heterocycles. The highest BCUT2D eigenvalue weighted by molar-refractivity contribution is 5.76. The minimum atomic E-state index is -0.860. The molecule has 0 fully saturated rings. The number of aliphatic hydroxyl groups is 2. The second-order valence-corrected chi connectivity index (χ2v) is 16.4. The van der Waals surface area contributed by atoms with Gasteiger partial charge in [0.05, 0.1) is 25.4 Å². The summed E-state index contributed by atoms with van der Waals surface area (Å²) in [6, 6.07) is -0.646. The smallest absolute Gasteiger partial charge is 0.305 e. The molecular formula is C50H93NO5. The molecule has 0 aromatic carbocycles. The predicted octanol–water partition coefficient (Wildman–Crippen LogP) is 14.1. The molecule has 2 unspecified atom stereocenters. The van der Waals surface area contributed by atoms with Crippen LogP contribution < -0.4 is 5.32 Å². The van der Waals surface area contributed by atoms with Gasteiger partial charge in [-0.25, -0.2) is 0 Å². The Balaban J connectivity index is 3.57. The maximum atomic E-state index is 12.4. The van der Waals surface area contributed by atoms with Crippen LogP contribution >= 0.6 is 0 Å². The normalized spacial score (nSPS) is 13.0. The van der Waals surface area contributed by atoms with Gasteiger partial charge in [-0.05, 0) is 89.9 Å². The monoisotopic (exact) mass is 788 g/mol. The van der Waals surface area contributed by atoms with E-state index < -0.39 is 12.1 Å². The number of hydrogen-bond donors (Lipinski definition) is 3. The number of esters is 1. The molecule has 0 radical (unpaired) electrons. The van der Waals surface area contributed by atoms with E-state index in [0.29, 0.717) is 19.4 Å². The molecule has 328 valence electrons. The van der Waals surface area contributed by atoms with Crippen molar-refractivity contribution in [1.82, 2.24) is 5.32 Å². The number of allylic oxidation sites excluding steroid dienone is 5. The lowest BCUT2D eigenvalue weighted by Gasteiger charge is -2.20. The maximum Gasteiger partial charge on any atom is 0.305 e. The molecule has 1 amide bonds. The van der Waals surface area contributed by atoms with Gasteiger partial charge in [0.2, 0.25) is 5.91 Å². The van der Waals surface area contributed by atoms with Crippen molar-refractivity contribution in [3.05, 3.63) is 36.5 Å². The van der Waals surface area contributed by atoms with Crippen molar-refractivity contribution in [3.8, 4) is 0 Å². The molecule has 0 aromatic rings. The number of unbranched alkanes of at least 4 members (excludes halogenated alkanes) is 29. The molecule has 3 N–H and O–H groups in total. The number of rotatable bonds is 44. The molecule has 0 aliphatic heterocycles. The second-order valence-electron chi connectivity index (χ2n) is 16.4. The summed E-state index contributed by atoms with van der Waals surface area (Å²) < 4.78 is 5.42. The topological polar surface area (TPSA) is 95.9 Å². The van der Waals surface area contributed by atoms with E-state index in [2.05, 4.69) is 43.5 Å². The van der Waals surface area contributed by atoms with Crippen molar-refractivity contribution in [2.24, 2.45) is 0 Å². The summed E-state index contributed by atoms with van der Waals surface area (Å²) >= 11 is 0. The molecule has 0 aromatic heterocycles. The highest BCUT2D eigenvalue weighted by Crippen LogP contribution is 2.14. The minimum absolute atomic E-state index is 0.0345. The van der Waals surface area contributed by atoms with Gasteiger partial charge in [0, 0.05) is 12.8 Å². The van der Waals surface area contributed by atoms with Crippen LogP contribution in [0.25, 0.3) is 0 Å². The molecule has 2 atom stereocenters. The van der Waals surface area contributed by atoms with Crippen molar-refractivity contribution < 1.29 is 24.5 Å². The van der Waals surface area contributed by atoms with Crippen LogP contribution in [0, 0.1) is 0 Å². The summed E-state index contributed by atoms with van der Waals surface area (Å²) in [5.41, 5.74) is 0. The zero-order valence-electron chi connectivity index (χ0n) is 37.1. The third kappa shape index (κ3) is 41.7. The summed E-state index contributed by atoms with van der Waals surface area (Å²) in [7, 11) is 0. The van der Waals surface area contributed by atoms with Gasteiger partial charge in [-0.15, -0.1) is 0 Å². The van der Waals surface area contributed by atoms with Crippen LogP contribution in [0.15, 0.2) is 36.5 Å². The lowest BCUT2D eigenvalue weighted by atomic mass is 10.0. The Hall–Kier alpha value is -1.92. The minimum Gasteiger partial charge on any atom is -0.466 e. The van der Waals surface area contributed by atoms with Crippen LogP contribution in [0.2, 0.25) is 0 Å². The first kappa shape index (κ1) is 54.1. The Morgan fingerprint density at radius 3 is 1.29 bits per heavy atom. The fourth-order valence-electron chi connectivity index (χ4n) is 7.09. The van der Waals surface area contributed by atoms with Crippen molar-refractivity contribution in [1.29, 1.82) is 0 Å². The standard InChI is InChI=1S/C50H93NO5/c1-3-5-7-9-11-13-15-17-19-22-26-30-34-38-42-48(53)47(46-52)51-49(54)43-39-35-31-27-23-20-21-25-29-33-37-41-45-56-50(55)44-40-36-32-28-24-18-16-14-12-10-8-6-4-2/h14,16,21,25,38,42,47-48,52-53H,3-13,15,17-20,22-24,26-37,39-41,43-46H2,1-2H3,(H,51,54)/b16-14-,25-21-,42-38+. The van der Waals surface area contributed by atoms with Gasteiger partial charge in [0.15, 0.2) is 0 Å². The highest BCUT2D eigenvalue weighted by atomic mass is 16.5. The van der Waals surface area contributed by atoms with Crippen LogP contribution in [0.4, 0.5) is 0 Å². The van der Waals surface area contributed by atoms with Crippen molar-refractivity contribution in [2.45, 2.75) is 257 Å². The Labute approximate surface area is 347 Å². The number of carbonyl (C=O) groups excluding carboxylic acids is 2. The van der Waals surface area contributed by atoms with E-state index in [1.165, 1.54) is 135 Å². The molecular weight excluding hydrogens is 695 g/mol. The van der Waals surface area contributed by atoms with Gasteiger partial charge in [0.1, 0.15) is 0 Å². The number of aliphatic hydroxyl groups excluding tert-OH is 2. The van der Waals surface area contributed by atoms with Crippen molar-refractivity contribution >= 4 is 11.9 Å². The molecule has 6 heteroatoms. The van der Waals surface area contributed by atoms with Crippen LogP contribution in [0.3, 0.4) is 0 Å². The Morgan fingerprint density at radius 1 is 0.482 bits per heavy atom. The Bertz CT molecular complexity index is 915. The number of amides is 1. The average Bonchev–Trinajstić information content (AvgIpc) is 3.20. The van der Waals surface area contributed by atoms with Crippen molar-refractivity contribution in [2.75, 3.05) is 13.2 Å². The van der Waals surface area contributed by atoms with Crippen molar-refractivity contribution in [3.63, 3.8) is 0 Å². The van der Waals surface area contributed by atoms with Gasteiger partial charge in [0.25, 0.3) is 0 Å². The fraction of sp³-hybridized carbons (Fsp3) is 0.840. The van der Waals surface area contributed by atoms with E-state index in [-0.39, 0.29) is 18.5 Å². The summed E-state index contributed by atoms with van der Waals surface area (Å²) in [6.45, 7) is 4.81. The van der Waals surface area contributed by atoms with Gasteiger partial charge >= 0.3 is 5.97 Å². The third-order valence-electron chi connectivity index (χ3n) is 10.9. The molecule has 0 saturated carbocycles. The van der Waals surface area contributed by atoms with Crippen LogP contribution in [0.5, 0.6) is 0 Å². The van der Waals surface area contributed by atoms with E-state index in [4.69, 9.17) is 4.74 Å². The first-order chi connectivity index (χ1) is 27.5. The molecule has 0 rings (SSSR count). The lowest BCUT2D eigenvalue weighted by Crippen LogP contribution is -2.45. The number of carbonyl (C=O) groups is 2. The lowest BCUT2D eigenvalue weighted by molar-refractivity contribution is -0.143. The molecule has 0 aliphatic rings. The average molecular weight is 788 g/mol. The summed E-state index contributed by atoms with van der Waals surface area (Å²) in [5.74, 6) is -0.130. The Kier molecular flexibility index (Phi) is 44.2. The molecule has 0 heterocycles. The van der Waals surface area contributed by atoms with E-state index in [9.17, 15) is 19.8 Å². The zero-order valence-corrected chi connectivity index (χ0v) is 37.1. The summed E-state index contributed by atoms with van der Waals surface area (Å²) in [6.07, 6.45) is 54.2. The Morgan fingerprint density at radius 2 is 0.839 bits per heavy atom. The van der Waals surface area contributed by atoms with Crippen LogP contribution in [0.1, 0.15) is 245 Å². The van der Waals surface area contributed by atoms with Crippen LogP contribution in [-0.4, -0.2) is 47.4 Å². The van der Waals surface area contributed by atoms with Gasteiger partial charge in [-0.1, -0.05) is 179 Å². The zero-order chi connectivity index (χ0) is 40.8. The predicted molar refractivity (Wildman–Crippen MR) is 241 cm³/mol. The molecule has 0 bridgehead atoms. The highest BCUT2D eigenvalue weighted by Gasteiger charge is 2.18. The number of nitrogens with one attached hydrogen (secondary N) is 1.